The van der Waals surface area contributed by atoms with Crippen LogP contribution in [0, 0.1) is 0 Å². The molecule has 4 heteroatoms. The van der Waals surface area contributed by atoms with Crippen LogP contribution in [0.3, 0.4) is 0 Å². The van der Waals surface area contributed by atoms with Crippen LogP contribution in [0.25, 0.3) is 11.3 Å². The van der Waals surface area contributed by atoms with Crippen molar-refractivity contribution in [1.82, 2.24) is 10.2 Å². The number of halogens is 1. The zero-order chi connectivity index (χ0) is 10.7. The van der Waals surface area contributed by atoms with Crippen molar-refractivity contribution in [1.29, 1.82) is 0 Å². The van der Waals surface area contributed by atoms with E-state index < -0.39 is 0 Å². The molecular weight excluding hydrogens is 256 g/mol. The Morgan fingerprint density at radius 1 is 1.33 bits per heavy atom. The fourth-order valence-electron chi connectivity index (χ4n) is 1.36. The maximum Gasteiger partial charge on any atom is 0.119 e. The predicted octanol–water partition coefficient (Wildman–Crippen LogP) is 3.24. The van der Waals surface area contributed by atoms with Gasteiger partial charge in [-0.05, 0) is 47.1 Å². The van der Waals surface area contributed by atoms with Crippen LogP contribution < -0.4 is 4.74 Å². The Morgan fingerprint density at radius 3 is 2.60 bits per heavy atom. The molecule has 0 saturated heterocycles. The van der Waals surface area contributed by atoms with E-state index in [9.17, 15) is 0 Å². The predicted molar refractivity (Wildman–Crippen MR) is 62.9 cm³/mol. The standard InChI is InChI=1S/C11H11BrN2O/c1-2-15-9-5-3-8(4-6-9)11-10(12)7-13-14-11/h3-7H,2H2,1H3,(H,13,14). The van der Waals surface area contributed by atoms with E-state index in [4.69, 9.17) is 4.74 Å². The Labute approximate surface area is 96.6 Å². The molecular formula is C11H11BrN2O. The maximum atomic E-state index is 5.37. The average molecular weight is 267 g/mol. The average Bonchev–Trinajstić information content (AvgIpc) is 2.66. The monoisotopic (exact) mass is 266 g/mol. The Balaban J connectivity index is 2.28. The van der Waals surface area contributed by atoms with Crippen LogP contribution in [0.4, 0.5) is 0 Å². The Bertz CT molecular complexity index is 436. The number of ether oxygens (including phenoxy) is 1. The lowest BCUT2D eigenvalue weighted by Gasteiger charge is -2.03. The van der Waals surface area contributed by atoms with Crippen molar-refractivity contribution in [2.45, 2.75) is 6.92 Å². The molecule has 1 aromatic heterocycles. The van der Waals surface area contributed by atoms with Gasteiger partial charge in [-0.15, -0.1) is 0 Å². The molecule has 0 atom stereocenters. The summed E-state index contributed by atoms with van der Waals surface area (Å²) in [7, 11) is 0. The quantitative estimate of drug-likeness (QED) is 0.927. The lowest BCUT2D eigenvalue weighted by atomic mass is 10.1. The van der Waals surface area contributed by atoms with Gasteiger partial charge in [-0.3, -0.25) is 5.10 Å². The number of aromatic amines is 1. The molecule has 2 rings (SSSR count). The summed E-state index contributed by atoms with van der Waals surface area (Å²) in [4.78, 5) is 0. The van der Waals surface area contributed by atoms with E-state index in [1.54, 1.807) is 6.20 Å². The summed E-state index contributed by atoms with van der Waals surface area (Å²) in [5.41, 5.74) is 2.07. The second kappa shape index (κ2) is 4.49. The molecule has 0 saturated carbocycles. The Hall–Kier alpha value is -1.29. The summed E-state index contributed by atoms with van der Waals surface area (Å²) in [5, 5.41) is 6.89. The number of hydrogen-bond donors (Lipinski definition) is 1. The number of nitrogens with zero attached hydrogens (tertiary/aromatic N) is 1. The van der Waals surface area contributed by atoms with E-state index >= 15 is 0 Å². The van der Waals surface area contributed by atoms with Crippen LogP contribution in [-0.4, -0.2) is 16.8 Å². The molecule has 1 N–H and O–H groups in total. The van der Waals surface area contributed by atoms with E-state index in [1.165, 1.54) is 0 Å². The van der Waals surface area contributed by atoms with Crippen molar-refractivity contribution < 1.29 is 4.74 Å². The summed E-state index contributed by atoms with van der Waals surface area (Å²) in [6.45, 7) is 2.66. The summed E-state index contributed by atoms with van der Waals surface area (Å²) in [6.07, 6.45) is 1.74. The Morgan fingerprint density at radius 2 is 2.07 bits per heavy atom. The van der Waals surface area contributed by atoms with Gasteiger partial charge in [0.2, 0.25) is 0 Å². The van der Waals surface area contributed by atoms with Crippen LogP contribution in [0.1, 0.15) is 6.92 Å². The molecule has 0 aliphatic rings. The highest BCUT2D eigenvalue weighted by Crippen LogP contribution is 2.26. The maximum absolute atomic E-state index is 5.37. The van der Waals surface area contributed by atoms with Crippen LogP contribution in [-0.2, 0) is 0 Å². The lowest BCUT2D eigenvalue weighted by Crippen LogP contribution is -1.90. The number of hydrogen-bond acceptors (Lipinski definition) is 2. The van der Waals surface area contributed by atoms with Gasteiger partial charge in [-0.2, -0.15) is 5.10 Å². The fraction of sp³-hybridized carbons (Fsp3) is 0.182. The minimum absolute atomic E-state index is 0.688. The molecule has 0 aliphatic heterocycles. The molecule has 0 bridgehead atoms. The third kappa shape index (κ3) is 2.21. The largest absolute Gasteiger partial charge is 0.494 e. The smallest absolute Gasteiger partial charge is 0.119 e. The van der Waals surface area contributed by atoms with E-state index in [1.807, 2.05) is 31.2 Å². The molecule has 1 heterocycles. The topological polar surface area (TPSA) is 37.9 Å². The number of rotatable bonds is 3. The normalized spacial score (nSPS) is 10.3. The SMILES string of the molecule is CCOc1ccc(-c2[nH]ncc2Br)cc1. The van der Waals surface area contributed by atoms with Crippen molar-refractivity contribution in [3.8, 4) is 17.0 Å². The first kappa shape index (κ1) is 10.2. The minimum atomic E-state index is 0.688. The molecule has 2 aromatic rings. The minimum Gasteiger partial charge on any atom is -0.494 e. The fourth-order valence-corrected chi connectivity index (χ4v) is 1.78. The number of H-pyrrole nitrogens is 1. The van der Waals surface area contributed by atoms with Crippen LogP contribution in [0.5, 0.6) is 5.75 Å². The highest BCUT2D eigenvalue weighted by Gasteiger charge is 2.04. The van der Waals surface area contributed by atoms with Gasteiger partial charge in [0.25, 0.3) is 0 Å². The number of benzene rings is 1. The second-order valence-corrected chi connectivity index (χ2v) is 3.90. The Kier molecular flexibility index (Phi) is 3.06. The molecule has 0 spiro atoms. The first-order valence-electron chi connectivity index (χ1n) is 4.73. The molecule has 0 fully saturated rings. The summed E-state index contributed by atoms with van der Waals surface area (Å²) >= 11 is 3.43. The lowest BCUT2D eigenvalue weighted by molar-refractivity contribution is 0.340. The van der Waals surface area contributed by atoms with Crippen LogP contribution in [0.15, 0.2) is 34.9 Å². The van der Waals surface area contributed by atoms with Crippen molar-refractivity contribution in [3.63, 3.8) is 0 Å². The zero-order valence-corrected chi connectivity index (χ0v) is 9.91. The first-order valence-corrected chi connectivity index (χ1v) is 5.52. The second-order valence-electron chi connectivity index (χ2n) is 3.05. The number of aromatic nitrogens is 2. The van der Waals surface area contributed by atoms with Crippen LogP contribution in [0.2, 0.25) is 0 Å². The summed E-state index contributed by atoms with van der Waals surface area (Å²) in [6, 6.07) is 7.91. The van der Waals surface area contributed by atoms with Crippen molar-refractivity contribution in [2.24, 2.45) is 0 Å². The molecule has 0 aliphatic carbocycles. The van der Waals surface area contributed by atoms with Gasteiger partial charge < -0.3 is 4.74 Å². The van der Waals surface area contributed by atoms with Gasteiger partial charge in [0.05, 0.1) is 23.0 Å². The van der Waals surface area contributed by atoms with E-state index in [0.717, 1.165) is 21.5 Å². The number of nitrogens with one attached hydrogen (secondary N) is 1. The third-order valence-electron chi connectivity index (χ3n) is 2.05. The van der Waals surface area contributed by atoms with Gasteiger partial charge >= 0.3 is 0 Å². The molecule has 0 unspecified atom stereocenters. The third-order valence-corrected chi connectivity index (χ3v) is 2.65. The summed E-state index contributed by atoms with van der Waals surface area (Å²) in [5.74, 6) is 0.886. The van der Waals surface area contributed by atoms with Gasteiger partial charge in [0, 0.05) is 5.56 Å². The molecule has 1 aromatic carbocycles. The zero-order valence-electron chi connectivity index (χ0n) is 8.33. The first-order chi connectivity index (χ1) is 7.31. The summed E-state index contributed by atoms with van der Waals surface area (Å²) < 4.78 is 6.34. The molecule has 0 amide bonds. The van der Waals surface area contributed by atoms with Crippen molar-refractivity contribution in [2.75, 3.05) is 6.61 Å². The van der Waals surface area contributed by atoms with Crippen LogP contribution >= 0.6 is 15.9 Å². The van der Waals surface area contributed by atoms with Crippen molar-refractivity contribution in [3.05, 3.63) is 34.9 Å². The van der Waals surface area contributed by atoms with E-state index in [2.05, 4.69) is 26.1 Å². The van der Waals surface area contributed by atoms with E-state index in [-0.39, 0.29) is 0 Å². The highest BCUT2D eigenvalue weighted by atomic mass is 79.9. The molecule has 15 heavy (non-hydrogen) atoms. The van der Waals surface area contributed by atoms with Gasteiger partial charge in [-0.25, -0.2) is 0 Å². The van der Waals surface area contributed by atoms with E-state index in [0.29, 0.717) is 6.61 Å². The molecule has 78 valence electrons. The highest BCUT2D eigenvalue weighted by molar-refractivity contribution is 9.10. The molecule has 3 nitrogen and oxygen atoms in total. The van der Waals surface area contributed by atoms with Gasteiger partial charge in [-0.1, -0.05) is 0 Å². The molecule has 0 radical (unpaired) electrons. The van der Waals surface area contributed by atoms with Crippen molar-refractivity contribution >= 4 is 15.9 Å². The van der Waals surface area contributed by atoms with Gasteiger partial charge in [0.15, 0.2) is 0 Å². The van der Waals surface area contributed by atoms with Gasteiger partial charge in [0.1, 0.15) is 5.75 Å².